The van der Waals surface area contributed by atoms with Crippen LogP contribution in [0.4, 0.5) is 0 Å². The monoisotopic (exact) mass is 209 g/mol. The van der Waals surface area contributed by atoms with Crippen LogP contribution in [0.3, 0.4) is 0 Å². The van der Waals surface area contributed by atoms with Crippen molar-refractivity contribution >= 4 is 0 Å². The van der Waals surface area contributed by atoms with Crippen LogP contribution in [0.1, 0.15) is 44.3 Å². The van der Waals surface area contributed by atoms with Gasteiger partial charge in [-0.05, 0) is 18.9 Å². The van der Waals surface area contributed by atoms with Crippen molar-refractivity contribution < 1.29 is 4.52 Å². The van der Waals surface area contributed by atoms with E-state index in [0.29, 0.717) is 0 Å². The van der Waals surface area contributed by atoms with Crippen molar-refractivity contribution in [1.82, 2.24) is 15.5 Å². The van der Waals surface area contributed by atoms with E-state index in [1.165, 1.54) is 44.9 Å². The Kier molecular flexibility index (Phi) is 4.14. The largest absolute Gasteiger partial charge is 0.343 e. The van der Waals surface area contributed by atoms with Crippen LogP contribution in [-0.2, 0) is 6.54 Å². The third-order valence-corrected chi connectivity index (χ3v) is 3.14. The molecule has 4 heteroatoms. The van der Waals surface area contributed by atoms with Gasteiger partial charge in [0.1, 0.15) is 0 Å². The second kappa shape index (κ2) is 5.85. The van der Waals surface area contributed by atoms with Gasteiger partial charge in [0.05, 0.1) is 6.54 Å². The van der Waals surface area contributed by atoms with Gasteiger partial charge in [-0.1, -0.05) is 37.3 Å². The van der Waals surface area contributed by atoms with Crippen LogP contribution in [0.2, 0.25) is 0 Å². The van der Waals surface area contributed by atoms with E-state index in [0.717, 1.165) is 24.8 Å². The first-order valence-corrected chi connectivity index (χ1v) is 5.91. The van der Waals surface area contributed by atoms with Gasteiger partial charge in [0, 0.05) is 0 Å². The Labute approximate surface area is 90.4 Å². The van der Waals surface area contributed by atoms with Crippen LogP contribution >= 0.6 is 0 Å². The number of aromatic nitrogens is 2. The lowest BCUT2D eigenvalue weighted by atomic mass is 9.87. The molecule has 0 radical (unpaired) electrons. The molecule has 0 atom stereocenters. The highest BCUT2D eigenvalue weighted by molar-refractivity contribution is 4.76. The van der Waals surface area contributed by atoms with E-state index in [1.54, 1.807) is 0 Å². The lowest BCUT2D eigenvalue weighted by Gasteiger charge is -2.21. The molecule has 0 spiro atoms. The van der Waals surface area contributed by atoms with Crippen molar-refractivity contribution in [3.8, 4) is 0 Å². The molecule has 0 amide bonds. The molecule has 4 nitrogen and oxygen atoms in total. The summed E-state index contributed by atoms with van der Waals surface area (Å²) in [4.78, 5) is 3.96. The van der Waals surface area contributed by atoms with Crippen LogP contribution < -0.4 is 5.32 Å². The Morgan fingerprint density at radius 1 is 1.33 bits per heavy atom. The van der Waals surface area contributed by atoms with E-state index < -0.39 is 0 Å². The summed E-state index contributed by atoms with van der Waals surface area (Å²) in [6.45, 7) is 1.79. The van der Waals surface area contributed by atoms with Gasteiger partial charge < -0.3 is 9.84 Å². The minimum Gasteiger partial charge on any atom is -0.343 e. The molecule has 84 valence electrons. The summed E-state index contributed by atoms with van der Waals surface area (Å²) in [5.41, 5.74) is 0. The summed E-state index contributed by atoms with van der Waals surface area (Å²) in [5.74, 6) is 1.69. The van der Waals surface area contributed by atoms with Gasteiger partial charge in [-0.3, -0.25) is 0 Å². The molecule has 1 saturated carbocycles. The molecule has 0 aliphatic heterocycles. The van der Waals surface area contributed by atoms with Gasteiger partial charge in [-0.25, -0.2) is 0 Å². The first-order chi connectivity index (χ1) is 7.45. The number of hydrogen-bond donors (Lipinski definition) is 1. The average Bonchev–Trinajstić information content (AvgIpc) is 2.79. The molecule has 1 N–H and O–H groups in total. The number of rotatable bonds is 5. The van der Waals surface area contributed by atoms with E-state index in [1.807, 2.05) is 0 Å². The standard InChI is InChI=1S/C11H19N3O/c1-2-4-10(5-3-1)6-7-12-8-11-13-9-15-14-11/h9-10,12H,1-8H2. The Bertz CT molecular complexity index is 255. The van der Waals surface area contributed by atoms with Gasteiger partial charge in [-0.2, -0.15) is 4.98 Å². The Morgan fingerprint density at radius 3 is 2.93 bits per heavy atom. The third kappa shape index (κ3) is 3.63. The molecule has 1 aromatic heterocycles. The SMILES string of the molecule is c1nc(CNCCC2CCCCC2)no1. The maximum absolute atomic E-state index is 4.66. The smallest absolute Gasteiger partial charge is 0.213 e. The molecule has 1 heterocycles. The summed E-state index contributed by atoms with van der Waals surface area (Å²) in [5, 5.41) is 7.10. The normalized spacial score (nSPS) is 18.1. The van der Waals surface area contributed by atoms with E-state index in [4.69, 9.17) is 0 Å². The minimum atomic E-state index is 0.725. The molecule has 2 rings (SSSR count). The van der Waals surface area contributed by atoms with Crippen molar-refractivity contribution in [3.05, 3.63) is 12.2 Å². The summed E-state index contributed by atoms with van der Waals surface area (Å²) in [6, 6.07) is 0. The second-order valence-corrected chi connectivity index (χ2v) is 4.32. The number of nitrogens with one attached hydrogen (secondary N) is 1. The zero-order chi connectivity index (χ0) is 10.3. The Balaban J connectivity index is 1.54. The summed E-state index contributed by atoms with van der Waals surface area (Å²) >= 11 is 0. The zero-order valence-electron chi connectivity index (χ0n) is 9.11. The fourth-order valence-electron chi connectivity index (χ4n) is 2.25. The molecule has 1 aromatic rings. The zero-order valence-corrected chi connectivity index (χ0v) is 9.11. The van der Waals surface area contributed by atoms with Crippen molar-refractivity contribution in [1.29, 1.82) is 0 Å². The first kappa shape index (κ1) is 10.6. The van der Waals surface area contributed by atoms with Gasteiger partial charge in [-0.15, -0.1) is 0 Å². The average molecular weight is 209 g/mol. The molecular weight excluding hydrogens is 190 g/mol. The Morgan fingerprint density at radius 2 is 2.20 bits per heavy atom. The lowest BCUT2D eigenvalue weighted by Crippen LogP contribution is -2.19. The minimum absolute atomic E-state index is 0.725. The topological polar surface area (TPSA) is 51.0 Å². The van der Waals surface area contributed by atoms with Crippen LogP contribution in [-0.4, -0.2) is 16.7 Å². The summed E-state index contributed by atoms with van der Waals surface area (Å²) in [6.07, 6.45) is 9.79. The molecule has 1 aliphatic rings. The van der Waals surface area contributed by atoms with E-state index in [9.17, 15) is 0 Å². The maximum Gasteiger partial charge on any atom is 0.213 e. The van der Waals surface area contributed by atoms with Crippen molar-refractivity contribution in [2.24, 2.45) is 5.92 Å². The first-order valence-electron chi connectivity index (χ1n) is 5.91. The van der Waals surface area contributed by atoms with Crippen LogP contribution in [0.25, 0.3) is 0 Å². The lowest BCUT2D eigenvalue weighted by molar-refractivity contribution is 0.332. The van der Waals surface area contributed by atoms with Crippen LogP contribution in [0, 0.1) is 5.92 Å². The van der Waals surface area contributed by atoms with Crippen LogP contribution in [0.15, 0.2) is 10.9 Å². The van der Waals surface area contributed by atoms with Crippen molar-refractivity contribution in [2.75, 3.05) is 6.54 Å². The van der Waals surface area contributed by atoms with E-state index in [2.05, 4.69) is 20.0 Å². The molecule has 15 heavy (non-hydrogen) atoms. The molecule has 1 aliphatic carbocycles. The molecule has 0 bridgehead atoms. The van der Waals surface area contributed by atoms with Crippen molar-refractivity contribution in [2.45, 2.75) is 45.1 Å². The fraction of sp³-hybridized carbons (Fsp3) is 0.818. The number of hydrogen-bond acceptors (Lipinski definition) is 4. The third-order valence-electron chi connectivity index (χ3n) is 3.14. The van der Waals surface area contributed by atoms with Crippen LogP contribution in [0.5, 0.6) is 0 Å². The molecule has 0 saturated heterocycles. The highest BCUT2D eigenvalue weighted by Gasteiger charge is 2.12. The highest BCUT2D eigenvalue weighted by atomic mass is 16.5. The molecule has 0 unspecified atom stereocenters. The fourth-order valence-corrected chi connectivity index (χ4v) is 2.25. The van der Waals surface area contributed by atoms with Gasteiger partial charge >= 0.3 is 0 Å². The Hall–Kier alpha value is -0.900. The molecular formula is C11H19N3O. The highest BCUT2D eigenvalue weighted by Crippen LogP contribution is 2.25. The predicted molar refractivity (Wildman–Crippen MR) is 57.2 cm³/mol. The molecule has 1 fully saturated rings. The summed E-state index contributed by atoms with van der Waals surface area (Å²) in [7, 11) is 0. The quantitative estimate of drug-likeness (QED) is 0.755. The van der Waals surface area contributed by atoms with E-state index in [-0.39, 0.29) is 0 Å². The van der Waals surface area contributed by atoms with Crippen molar-refractivity contribution in [3.63, 3.8) is 0 Å². The van der Waals surface area contributed by atoms with Gasteiger partial charge in [0.25, 0.3) is 0 Å². The summed E-state index contributed by atoms with van der Waals surface area (Å²) < 4.78 is 4.66. The van der Waals surface area contributed by atoms with Gasteiger partial charge in [0.15, 0.2) is 5.82 Å². The molecule has 0 aromatic carbocycles. The maximum atomic E-state index is 4.66. The number of nitrogens with zero attached hydrogens (tertiary/aromatic N) is 2. The predicted octanol–water partition coefficient (Wildman–Crippen LogP) is 2.13. The second-order valence-electron chi connectivity index (χ2n) is 4.32. The van der Waals surface area contributed by atoms with E-state index >= 15 is 0 Å². The van der Waals surface area contributed by atoms with Gasteiger partial charge in [0.2, 0.25) is 6.39 Å².